The van der Waals surface area contributed by atoms with E-state index in [0.717, 1.165) is 18.4 Å². The van der Waals surface area contributed by atoms with E-state index in [0.29, 0.717) is 24.8 Å². The molecule has 0 unspecified atom stereocenters. The quantitative estimate of drug-likeness (QED) is 0.731. The molecular formula is C22H32N2O4S. The van der Waals surface area contributed by atoms with Crippen LogP contribution in [0, 0.1) is 23.7 Å². The Morgan fingerprint density at radius 2 is 2.07 bits per heavy atom. The van der Waals surface area contributed by atoms with Crippen LogP contribution < -0.4 is 10.1 Å². The van der Waals surface area contributed by atoms with E-state index in [9.17, 15) is 13.5 Å². The highest BCUT2D eigenvalue weighted by Crippen LogP contribution is 2.34. The summed E-state index contributed by atoms with van der Waals surface area (Å²) in [7, 11) is -1.94. The van der Waals surface area contributed by atoms with E-state index < -0.39 is 16.1 Å². The summed E-state index contributed by atoms with van der Waals surface area (Å²) >= 11 is 0. The number of sulfonamides is 1. The van der Waals surface area contributed by atoms with Gasteiger partial charge in [0.1, 0.15) is 16.7 Å². The summed E-state index contributed by atoms with van der Waals surface area (Å²) in [6.45, 7) is 4.35. The van der Waals surface area contributed by atoms with Gasteiger partial charge in [0.05, 0.1) is 6.61 Å². The van der Waals surface area contributed by atoms with Crippen molar-refractivity contribution in [2.45, 2.75) is 56.6 Å². The number of aliphatic hydroxyl groups excluding tert-OH is 1. The second kappa shape index (κ2) is 9.48. The molecule has 3 atom stereocenters. The first-order valence-corrected chi connectivity index (χ1v) is 11.9. The lowest BCUT2D eigenvalue weighted by Crippen LogP contribution is -2.49. The van der Waals surface area contributed by atoms with Gasteiger partial charge in [-0.2, -0.15) is 4.31 Å². The van der Waals surface area contributed by atoms with Crippen LogP contribution in [0.1, 0.15) is 45.1 Å². The Bertz CT molecular complexity index is 869. The van der Waals surface area contributed by atoms with Crippen molar-refractivity contribution in [2.24, 2.45) is 11.8 Å². The Balaban J connectivity index is 2.03. The molecule has 3 rings (SSSR count). The van der Waals surface area contributed by atoms with Crippen molar-refractivity contribution in [1.29, 1.82) is 0 Å². The monoisotopic (exact) mass is 420 g/mol. The highest BCUT2D eigenvalue weighted by atomic mass is 32.2. The van der Waals surface area contributed by atoms with Crippen LogP contribution in [0.2, 0.25) is 0 Å². The molecule has 0 aromatic heterocycles. The average Bonchev–Trinajstić information content (AvgIpc) is 3.22. The Morgan fingerprint density at radius 1 is 1.34 bits per heavy atom. The minimum Gasteiger partial charge on any atom is -0.487 e. The second-order valence-corrected chi connectivity index (χ2v) is 10.1. The molecule has 29 heavy (non-hydrogen) atoms. The number of hydrogen-bond acceptors (Lipinski definition) is 5. The first kappa shape index (κ1) is 22.1. The van der Waals surface area contributed by atoms with Crippen molar-refractivity contribution in [3.8, 4) is 17.6 Å². The number of ether oxygens (including phenoxy) is 1. The molecule has 0 amide bonds. The number of nitrogens with one attached hydrogen (secondary N) is 1. The maximum Gasteiger partial charge on any atom is 0.247 e. The third-order valence-electron chi connectivity index (χ3n) is 5.85. The molecule has 2 N–H and O–H groups in total. The van der Waals surface area contributed by atoms with Crippen molar-refractivity contribution in [2.75, 3.05) is 26.7 Å². The van der Waals surface area contributed by atoms with Gasteiger partial charge in [-0.05, 0) is 45.0 Å². The fourth-order valence-electron chi connectivity index (χ4n) is 4.00. The first-order chi connectivity index (χ1) is 13.9. The standard InChI is InChI=1S/C22H32N2O4S/c1-16-14-24(17(2)15-25)29(26,27)22-11-10-19(9-8-18-6-4-5-7-18)12-20(22)28-21(16)13-23-3/h10-12,16-18,21,23,25H,4-7,13-15H2,1-3H3/t16-,17-,21-/m0/s1. The molecule has 0 spiro atoms. The van der Waals surface area contributed by atoms with Crippen LogP contribution >= 0.6 is 0 Å². The number of likely N-dealkylation sites (N-methyl/N-ethyl adjacent to an activating group) is 1. The summed E-state index contributed by atoms with van der Waals surface area (Å²) in [5, 5.41) is 12.8. The van der Waals surface area contributed by atoms with Gasteiger partial charge in [-0.3, -0.25) is 0 Å². The fourth-order valence-corrected chi connectivity index (χ4v) is 5.83. The molecule has 160 valence electrons. The maximum atomic E-state index is 13.3. The predicted molar refractivity (Wildman–Crippen MR) is 113 cm³/mol. The van der Waals surface area contributed by atoms with Gasteiger partial charge in [0.2, 0.25) is 10.0 Å². The number of hydrogen-bond donors (Lipinski definition) is 2. The predicted octanol–water partition coefficient (Wildman–Crippen LogP) is 2.22. The van der Waals surface area contributed by atoms with E-state index in [1.54, 1.807) is 25.1 Å². The lowest BCUT2D eigenvalue weighted by Gasteiger charge is -2.36. The Labute approximate surface area is 174 Å². The van der Waals surface area contributed by atoms with Gasteiger partial charge < -0.3 is 15.2 Å². The van der Waals surface area contributed by atoms with Gasteiger partial charge in [-0.25, -0.2) is 8.42 Å². The zero-order valence-electron chi connectivity index (χ0n) is 17.5. The van der Waals surface area contributed by atoms with Gasteiger partial charge in [0.15, 0.2) is 0 Å². The van der Waals surface area contributed by atoms with Crippen LogP contribution in [0.15, 0.2) is 23.1 Å². The second-order valence-electron chi connectivity index (χ2n) is 8.21. The summed E-state index contributed by atoms with van der Waals surface area (Å²) in [6, 6.07) is 4.58. The minimum atomic E-state index is -3.79. The van der Waals surface area contributed by atoms with Crippen molar-refractivity contribution in [3.05, 3.63) is 23.8 Å². The molecule has 1 aromatic rings. The summed E-state index contributed by atoms with van der Waals surface area (Å²) in [5.41, 5.74) is 0.768. The van der Waals surface area contributed by atoms with Gasteiger partial charge >= 0.3 is 0 Å². The molecule has 1 heterocycles. The molecule has 2 aliphatic rings. The molecule has 1 aliphatic heterocycles. The molecule has 1 aliphatic carbocycles. The normalized spacial score (nSPS) is 25.8. The molecule has 1 aromatic carbocycles. The number of fused-ring (bicyclic) bond motifs is 1. The van der Waals surface area contributed by atoms with Crippen molar-refractivity contribution in [3.63, 3.8) is 0 Å². The van der Waals surface area contributed by atoms with Gasteiger partial charge in [-0.1, -0.05) is 31.6 Å². The van der Waals surface area contributed by atoms with Crippen molar-refractivity contribution < 1.29 is 18.3 Å². The van der Waals surface area contributed by atoms with Crippen LogP contribution in [0.4, 0.5) is 0 Å². The minimum absolute atomic E-state index is 0.0485. The van der Waals surface area contributed by atoms with E-state index in [4.69, 9.17) is 4.74 Å². The van der Waals surface area contributed by atoms with Crippen LogP contribution in [0.25, 0.3) is 0 Å². The third kappa shape index (κ3) is 4.95. The molecule has 6 nitrogen and oxygen atoms in total. The summed E-state index contributed by atoms with van der Waals surface area (Å²) in [5.74, 6) is 7.25. The summed E-state index contributed by atoms with van der Waals surface area (Å²) in [6.07, 6.45) is 4.54. The smallest absolute Gasteiger partial charge is 0.247 e. The third-order valence-corrected chi connectivity index (χ3v) is 7.87. The van der Waals surface area contributed by atoms with E-state index in [1.807, 2.05) is 14.0 Å². The Kier molecular flexibility index (Phi) is 7.23. The molecule has 7 heteroatoms. The van der Waals surface area contributed by atoms with Gasteiger partial charge in [-0.15, -0.1) is 0 Å². The lowest BCUT2D eigenvalue weighted by molar-refractivity contribution is 0.103. The van der Waals surface area contributed by atoms with E-state index in [1.165, 1.54) is 17.1 Å². The van der Waals surface area contributed by atoms with Gasteiger partial charge in [0, 0.05) is 36.5 Å². The zero-order chi connectivity index (χ0) is 21.0. The lowest BCUT2D eigenvalue weighted by atomic mass is 10.0. The van der Waals surface area contributed by atoms with E-state index >= 15 is 0 Å². The van der Waals surface area contributed by atoms with Crippen LogP contribution in [-0.2, 0) is 10.0 Å². The zero-order valence-corrected chi connectivity index (χ0v) is 18.3. The summed E-state index contributed by atoms with van der Waals surface area (Å²) < 4.78 is 34.3. The SMILES string of the molecule is CNC[C@@H]1Oc2cc(C#CC3CCCC3)ccc2S(=O)(=O)N([C@@H](C)CO)C[C@@H]1C. The van der Waals surface area contributed by atoms with E-state index in [-0.39, 0.29) is 23.5 Å². The van der Waals surface area contributed by atoms with Crippen LogP contribution in [0.5, 0.6) is 5.75 Å². The Hall–Kier alpha value is -1.59. The first-order valence-electron chi connectivity index (χ1n) is 10.5. The molecule has 1 fully saturated rings. The van der Waals surface area contributed by atoms with Gasteiger partial charge in [0.25, 0.3) is 0 Å². The fraction of sp³-hybridized carbons (Fsp3) is 0.636. The van der Waals surface area contributed by atoms with Crippen LogP contribution in [-0.4, -0.2) is 56.7 Å². The number of benzene rings is 1. The number of nitrogens with zero attached hydrogens (tertiary/aromatic N) is 1. The molecule has 1 saturated carbocycles. The molecule has 0 bridgehead atoms. The average molecular weight is 421 g/mol. The molecule has 0 saturated heterocycles. The highest BCUT2D eigenvalue weighted by Gasteiger charge is 2.37. The van der Waals surface area contributed by atoms with Crippen molar-refractivity contribution in [1.82, 2.24) is 9.62 Å². The van der Waals surface area contributed by atoms with Crippen molar-refractivity contribution >= 4 is 10.0 Å². The summed E-state index contributed by atoms with van der Waals surface area (Å²) in [4.78, 5) is 0.136. The Morgan fingerprint density at radius 3 is 2.72 bits per heavy atom. The maximum absolute atomic E-state index is 13.3. The van der Waals surface area contributed by atoms with Crippen LogP contribution in [0.3, 0.4) is 0 Å². The number of rotatable bonds is 4. The largest absolute Gasteiger partial charge is 0.487 e. The van der Waals surface area contributed by atoms with E-state index in [2.05, 4.69) is 17.2 Å². The molecule has 0 radical (unpaired) electrons. The number of aliphatic hydroxyl groups is 1. The highest BCUT2D eigenvalue weighted by molar-refractivity contribution is 7.89. The topological polar surface area (TPSA) is 78.9 Å². The molecular weight excluding hydrogens is 388 g/mol.